The zero-order valence-corrected chi connectivity index (χ0v) is 16.8. The maximum atomic E-state index is 12.3. The maximum absolute atomic E-state index is 12.3. The van der Waals surface area contributed by atoms with Crippen LogP contribution in [0.2, 0.25) is 0 Å². The Balaban J connectivity index is 1.50. The monoisotopic (exact) mass is 364 g/mol. The van der Waals surface area contributed by atoms with E-state index in [2.05, 4.69) is 66.5 Å². The van der Waals surface area contributed by atoms with E-state index >= 15 is 0 Å². The molecule has 0 bridgehead atoms. The van der Waals surface area contributed by atoms with Crippen LogP contribution in [0.25, 0.3) is 0 Å². The number of nitrogens with zero attached hydrogens (tertiary/aromatic N) is 1. The highest BCUT2D eigenvalue weighted by molar-refractivity contribution is 5.76. The van der Waals surface area contributed by atoms with Gasteiger partial charge in [-0.25, -0.2) is 0 Å². The Labute approximate surface area is 163 Å². The summed E-state index contributed by atoms with van der Waals surface area (Å²) < 4.78 is 0. The fourth-order valence-corrected chi connectivity index (χ4v) is 3.74. The Hall–Kier alpha value is -2.13. The van der Waals surface area contributed by atoms with E-state index in [4.69, 9.17) is 0 Å². The number of carbonyl (C=O) groups is 1. The first-order valence-electron chi connectivity index (χ1n) is 10.2. The van der Waals surface area contributed by atoms with Gasteiger partial charge in [0.25, 0.3) is 0 Å². The van der Waals surface area contributed by atoms with E-state index in [0.717, 1.165) is 13.0 Å². The molecule has 0 aromatic heterocycles. The summed E-state index contributed by atoms with van der Waals surface area (Å²) in [6.45, 7) is 8.24. The van der Waals surface area contributed by atoms with Crippen molar-refractivity contribution in [1.82, 2.24) is 10.2 Å². The Morgan fingerprint density at radius 2 is 1.70 bits per heavy atom. The second-order valence-electron chi connectivity index (χ2n) is 7.80. The van der Waals surface area contributed by atoms with Crippen molar-refractivity contribution in [3.8, 4) is 0 Å². The minimum atomic E-state index is 0.126. The van der Waals surface area contributed by atoms with Crippen molar-refractivity contribution < 1.29 is 4.79 Å². The van der Waals surface area contributed by atoms with Gasteiger partial charge < -0.3 is 5.32 Å². The molecule has 0 radical (unpaired) electrons. The second-order valence-corrected chi connectivity index (χ2v) is 7.80. The molecule has 0 aliphatic carbocycles. The highest BCUT2D eigenvalue weighted by atomic mass is 16.1. The van der Waals surface area contributed by atoms with Gasteiger partial charge in [0.05, 0.1) is 0 Å². The number of piperidine rings is 1. The van der Waals surface area contributed by atoms with Crippen molar-refractivity contribution >= 4 is 5.91 Å². The summed E-state index contributed by atoms with van der Waals surface area (Å²) in [6.07, 6.45) is 5.29. The summed E-state index contributed by atoms with van der Waals surface area (Å²) in [7, 11) is 0. The average Bonchev–Trinajstić information content (AvgIpc) is 2.69. The molecule has 3 nitrogen and oxygen atoms in total. The molecule has 2 aromatic carbocycles. The second kappa shape index (κ2) is 9.70. The molecule has 0 unspecified atom stereocenters. The van der Waals surface area contributed by atoms with Crippen molar-refractivity contribution in [2.75, 3.05) is 13.1 Å². The lowest BCUT2D eigenvalue weighted by Crippen LogP contribution is -2.30. The number of hydrogen-bond donors (Lipinski definition) is 1. The number of hydrogen-bond acceptors (Lipinski definition) is 2. The fourth-order valence-electron chi connectivity index (χ4n) is 3.74. The summed E-state index contributed by atoms with van der Waals surface area (Å²) >= 11 is 0. The summed E-state index contributed by atoms with van der Waals surface area (Å²) in [5.41, 5.74) is 6.41. The molecule has 27 heavy (non-hydrogen) atoms. The lowest BCUT2D eigenvalue weighted by Gasteiger charge is -2.27. The van der Waals surface area contributed by atoms with E-state index in [1.807, 2.05) is 0 Å². The van der Waals surface area contributed by atoms with Crippen molar-refractivity contribution in [3.05, 3.63) is 70.3 Å². The van der Waals surface area contributed by atoms with Gasteiger partial charge in [-0.05, 0) is 74.0 Å². The Morgan fingerprint density at radius 3 is 2.44 bits per heavy atom. The molecule has 1 amide bonds. The van der Waals surface area contributed by atoms with Crippen molar-refractivity contribution in [2.24, 2.45) is 0 Å². The largest absolute Gasteiger partial charge is 0.352 e. The fraction of sp³-hybridized carbons (Fsp3) is 0.458. The highest BCUT2D eigenvalue weighted by Crippen LogP contribution is 2.16. The minimum absolute atomic E-state index is 0.126. The van der Waals surface area contributed by atoms with E-state index < -0.39 is 0 Å². The number of likely N-dealkylation sites (tertiary alicyclic amines) is 1. The van der Waals surface area contributed by atoms with Gasteiger partial charge in [0, 0.05) is 19.5 Å². The highest BCUT2D eigenvalue weighted by Gasteiger charge is 2.12. The minimum Gasteiger partial charge on any atom is -0.352 e. The normalized spacial score (nSPS) is 14.9. The predicted molar refractivity (Wildman–Crippen MR) is 112 cm³/mol. The summed E-state index contributed by atoms with van der Waals surface area (Å²) in [6, 6.07) is 15.0. The molecule has 0 atom stereocenters. The first kappa shape index (κ1) is 19.6. The van der Waals surface area contributed by atoms with Gasteiger partial charge in [-0.3, -0.25) is 9.69 Å². The number of nitrogens with one attached hydrogen (secondary N) is 1. The van der Waals surface area contributed by atoms with E-state index in [0.29, 0.717) is 13.0 Å². The molecule has 0 saturated carbocycles. The SMILES string of the molecule is Cc1ccc(CCC(=O)NCc2ccccc2CN2CCCCC2)cc1C. The third-order valence-corrected chi connectivity index (χ3v) is 5.65. The first-order chi connectivity index (χ1) is 13.1. The molecule has 144 valence electrons. The van der Waals surface area contributed by atoms with Gasteiger partial charge in [-0.15, -0.1) is 0 Å². The Kier molecular flexibility index (Phi) is 7.05. The molecule has 1 saturated heterocycles. The van der Waals surface area contributed by atoms with Crippen LogP contribution in [0.5, 0.6) is 0 Å². The van der Waals surface area contributed by atoms with Crippen LogP contribution in [0.4, 0.5) is 0 Å². The quantitative estimate of drug-likeness (QED) is 0.782. The zero-order valence-electron chi connectivity index (χ0n) is 16.8. The molecule has 0 spiro atoms. The summed E-state index contributed by atoms with van der Waals surface area (Å²) in [5.74, 6) is 0.126. The van der Waals surface area contributed by atoms with Gasteiger partial charge in [-0.2, -0.15) is 0 Å². The molecular formula is C24H32N2O. The Morgan fingerprint density at radius 1 is 0.963 bits per heavy atom. The van der Waals surface area contributed by atoms with Crippen LogP contribution in [0, 0.1) is 13.8 Å². The number of carbonyl (C=O) groups excluding carboxylic acids is 1. The molecular weight excluding hydrogens is 332 g/mol. The van der Waals surface area contributed by atoms with Crippen LogP contribution in [0.3, 0.4) is 0 Å². The van der Waals surface area contributed by atoms with Gasteiger partial charge in [0.15, 0.2) is 0 Å². The first-order valence-corrected chi connectivity index (χ1v) is 10.2. The predicted octanol–water partition coefficient (Wildman–Crippen LogP) is 4.54. The molecule has 1 fully saturated rings. The average molecular weight is 365 g/mol. The van der Waals surface area contributed by atoms with Crippen LogP contribution in [-0.4, -0.2) is 23.9 Å². The van der Waals surface area contributed by atoms with Crippen LogP contribution in [0.1, 0.15) is 53.5 Å². The molecule has 2 aromatic rings. The standard InChI is InChI=1S/C24H32N2O/c1-19-10-11-21(16-20(19)2)12-13-24(27)25-17-22-8-4-5-9-23(22)18-26-14-6-3-7-15-26/h4-5,8-11,16H,3,6-7,12-15,17-18H2,1-2H3,(H,25,27). The smallest absolute Gasteiger partial charge is 0.220 e. The van der Waals surface area contributed by atoms with Gasteiger partial charge in [0.1, 0.15) is 0 Å². The summed E-state index contributed by atoms with van der Waals surface area (Å²) in [4.78, 5) is 14.9. The van der Waals surface area contributed by atoms with E-state index in [1.54, 1.807) is 0 Å². The number of aryl methyl sites for hydroxylation is 3. The number of benzene rings is 2. The zero-order chi connectivity index (χ0) is 19.1. The van der Waals surface area contributed by atoms with Crippen molar-refractivity contribution in [3.63, 3.8) is 0 Å². The third kappa shape index (κ3) is 5.93. The molecule has 1 aliphatic rings. The van der Waals surface area contributed by atoms with E-state index in [1.165, 1.54) is 60.2 Å². The maximum Gasteiger partial charge on any atom is 0.220 e. The van der Waals surface area contributed by atoms with Crippen molar-refractivity contribution in [2.45, 2.75) is 59.0 Å². The number of amides is 1. The Bertz CT molecular complexity index is 763. The lowest BCUT2D eigenvalue weighted by molar-refractivity contribution is -0.121. The van der Waals surface area contributed by atoms with E-state index in [9.17, 15) is 4.79 Å². The molecule has 3 rings (SSSR count). The summed E-state index contributed by atoms with van der Waals surface area (Å²) in [5, 5.41) is 3.12. The van der Waals surface area contributed by atoms with Crippen molar-refractivity contribution in [1.29, 1.82) is 0 Å². The van der Waals surface area contributed by atoms with Crippen LogP contribution < -0.4 is 5.32 Å². The van der Waals surface area contributed by atoms with Gasteiger partial charge >= 0.3 is 0 Å². The van der Waals surface area contributed by atoms with Crippen LogP contribution in [-0.2, 0) is 24.3 Å². The van der Waals surface area contributed by atoms with Gasteiger partial charge in [-0.1, -0.05) is 48.9 Å². The van der Waals surface area contributed by atoms with Crippen LogP contribution in [0.15, 0.2) is 42.5 Å². The topological polar surface area (TPSA) is 32.3 Å². The number of rotatable bonds is 7. The molecule has 1 heterocycles. The third-order valence-electron chi connectivity index (χ3n) is 5.65. The molecule has 3 heteroatoms. The van der Waals surface area contributed by atoms with Gasteiger partial charge in [0.2, 0.25) is 5.91 Å². The molecule has 1 N–H and O–H groups in total. The van der Waals surface area contributed by atoms with Crippen LogP contribution >= 0.6 is 0 Å². The molecule has 1 aliphatic heterocycles. The lowest BCUT2D eigenvalue weighted by atomic mass is 10.0. The van der Waals surface area contributed by atoms with E-state index in [-0.39, 0.29) is 5.91 Å².